The number of nitrogens with zero attached hydrogens (tertiary/aromatic N) is 4. The molecule has 5 N–H and O–H groups in total. The molecule has 1 aliphatic heterocycles. The van der Waals surface area contributed by atoms with Gasteiger partial charge in [-0.05, 0) is 49.9 Å². The molecule has 40 heavy (non-hydrogen) atoms. The Morgan fingerprint density at radius 1 is 1.23 bits per heavy atom. The molecule has 6 atom stereocenters. The van der Waals surface area contributed by atoms with E-state index in [-0.39, 0.29) is 17.6 Å². The fourth-order valence-electron chi connectivity index (χ4n) is 4.95. The lowest BCUT2D eigenvalue weighted by Gasteiger charge is -2.26. The number of aromatic nitrogens is 3. The van der Waals surface area contributed by atoms with Crippen LogP contribution in [0.2, 0.25) is 0 Å². The third-order valence-electron chi connectivity index (χ3n) is 7.41. The van der Waals surface area contributed by atoms with Gasteiger partial charge < -0.3 is 25.2 Å². The number of aliphatic hydroxyl groups excluding tert-OH is 2. The van der Waals surface area contributed by atoms with Gasteiger partial charge in [0.05, 0.1) is 12.3 Å². The largest absolute Gasteiger partial charge is 0.459 e. The van der Waals surface area contributed by atoms with E-state index in [1.165, 1.54) is 16.9 Å². The number of nitrogen functional groups attached to an aromatic ring is 1. The van der Waals surface area contributed by atoms with Crippen molar-refractivity contribution < 1.29 is 28.6 Å². The first-order chi connectivity index (χ1) is 19.2. The van der Waals surface area contributed by atoms with Crippen LogP contribution in [0.1, 0.15) is 52.1 Å². The number of ether oxygens (including phenoxy) is 1. The Balaban J connectivity index is 1.53. The number of rotatable bonds is 13. The minimum atomic E-state index is -3.98. The van der Waals surface area contributed by atoms with Gasteiger partial charge in [-0.2, -0.15) is 10.4 Å². The van der Waals surface area contributed by atoms with E-state index < -0.39 is 38.3 Å². The summed E-state index contributed by atoms with van der Waals surface area (Å²) in [6.07, 6.45) is 0.622. The standard InChI is InChI=1S/C27H37N6O6P/c1-4-19(5-2)12-11-18(3)32-40(36,39-20-9-7-6-8-10-20)37-15-22-24(34)25(35)27(16-28,38-22)23-14-13-21-26(29)30-17-31-33(21)23/h6-10,13-14,17-19,22,24-25,34-35H,4-5,11-12,15H2,1-3H3,(H,32,36)(H2,29,30,31)/t18-,22+,24+,25+,27-,40-/m0/s1. The van der Waals surface area contributed by atoms with Crippen molar-refractivity contribution in [2.75, 3.05) is 12.3 Å². The lowest BCUT2D eigenvalue weighted by molar-refractivity contribution is -0.0621. The molecule has 13 heteroatoms. The Hall–Kier alpha value is -3.04. The van der Waals surface area contributed by atoms with Crippen LogP contribution in [0.3, 0.4) is 0 Å². The van der Waals surface area contributed by atoms with Crippen molar-refractivity contribution in [3.8, 4) is 11.8 Å². The number of benzene rings is 1. The van der Waals surface area contributed by atoms with Crippen molar-refractivity contribution in [2.45, 2.75) is 76.4 Å². The maximum Gasteiger partial charge on any atom is 0.459 e. The molecule has 0 unspecified atom stereocenters. The van der Waals surface area contributed by atoms with Crippen molar-refractivity contribution in [3.63, 3.8) is 0 Å². The second-order valence-corrected chi connectivity index (χ2v) is 11.8. The molecular formula is C27H37N6O6P. The summed E-state index contributed by atoms with van der Waals surface area (Å²) in [5.74, 6) is 1.07. The van der Waals surface area contributed by atoms with Gasteiger partial charge in [-0.25, -0.2) is 19.2 Å². The number of aliphatic hydroxyl groups is 2. The predicted octanol–water partition coefficient (Wildman–Crippen LogP) is 3.55. The zero-order chi connectivity index (χ0) is 28.9. The van der Waals surface area contributed by atoms with Crippen LogP contribution < -0.4 is 15.3 Å². The van der Waals surface area contributed by atoms with Crippen LogP contribution in [0.5, 0.6) is 5.75 Å². The van der Waals surface area contributed by atoms with Crippen molar-refractivity contribution in [3.05, 3.63) is 54.5 Å². The Morgan fingerprint density at radius 3 is 2.62 bits per heavy atom. The molecule has 2 aromatic heterocycles. The van der Waals surface area contributed by atoms with Crippen LogP contribution in [-0.4, -0.2) is 55.8 Å². The molecule has 1 fully saturated rings. The minimum Gasteiger partial charge on any atom is -0.413 e. The molecule has 0 saturated carbocycles. The smallest absolute Gasteiger partial charge is 0.413 e. The molecule has 0 bridgehead atoms. The number of nitrogens with one attached hydrogen (secondary N) is 1. The summed E-state index contributed by atoms with van der Waals surface area (Å²) in [5, 5.41) is 39.2. The van der Waals surface area contributed by atoms with E-state index in [1.807, 2.05) is 13.0 Å². The van der Waals surface area contributed by atoms with Crippen molar-refractivity contribution in [2.24, 2.45) is 5.92 Å². The van der Waals surface area contributed by atoms with E-state index in [4.69, 9.17) is 19.5 Å². The molecule has 0 aliphatic carbocycles. The van der Waals surface area contributed by atoms with Crippen LogP contribution in [0.15, 0.2) is 48.8 Å². The number of para-hydroxylation sites is 1. The topological polar surface area (TPSA) is 177 Å². The quantitative estimate of drug-likeness (QED) is 0.220. The van der Waals surface area contributed by atoms with E-state index in [0.29, 0.717) is 17.2 Å². The molecule has 216 valence electrons. The minimum absolute atomic E-state index is 0.157. The summed E-state index contributed by atoms with van der Waals surface area (Å²) in [6.45, 7) is 5.78. The molecule has 3 aromatic rings. The van der Waals surface area contributed by atoms with Crippen LogP contribution in [0.25, 0.3) is 5.52 Å². The number of hydrogen-bond donors (Lipinski definition) is 4. The van der Waals surface area contributed by atoms with Gasteiger partial charge in [0, 0.05) is 6.04 Å². The molecule has 1 saturated heterocycles. The highest BCUT2D eigenvalue weighted by molar-refractivity contribution is 7.52. The Kier molecular flexibility index (Phi) is 9.46. The Bertz CT molecular complexity index is 1360. The van der Waals surface area contributed by atoms with E-state index in [2.05, 4.69) is 29.0 Å². The van der Waals surface area contributed by atoms with Crippen molar-refractivity contribution in [1.29, 1.82) is 5.26 Å². The average Bonchev–Trinajstić information content (AvgIpc) is 3.49. The molecule has 0 spiro atoms. The highest BCUT2D eigenvalue weighted by Crippen LogP contribution is 2.47. The van der Waals surface area contributed by atoms with Crippen LogP contribution in [-0.2, 0) is 19.4 Å². The van der Waals surface area contributed by atoms with E-state index in [9.17, 15) is 20.0 Å². The molecule has 3 heterocycles. The second-order valence-electron chi connectivity index (χ2n) is 10.1. The summed E-state index contributed by atoms with van der Waals surface area (Å²) >= 11 is 0. The third-order valence-corrected chi connectivity index (χ3v) is 9.10. The Labute approximate surface area is 233 Å². The van der Waals surface area contributed by atoms with E-state index in [0.717, 1.165) is 25.7 Å². The lowest BCUT2D eigenvalue weighted by atomic mass is 9.92. The zero-order valence-corrected chi connectivity index (χ0v) is 23.8. The number of nitrogens with two attached hydrogens (primary N) is 1. The third kappa shape index (κ3) is 6.15. The van der Waals surface area contributed by atoms with Gasteiger partial charge in [0.1, 0.15) is 42.0 Å². The summed E-state index contributed by atoms with van der Waals surface area (Å²) < 4.78 is 32.8. The number of nitriles is 1. The first kappa shape index (κ1) is 29.9. The van der Waals surface area contributed by atoms with Crippen molar-refractivity contribution in [1.82, 2.24) is 19.7 Å². The van der Waals surface area contributed by atoms with Crippen LogP contribution >= 0.6 is 7.75 Å². The number of hydrogen-bond acceptors (Lipinski definition) is 10. The number of fused-ring (bicyclic) bond motifs is 1. The van der Waals surface area contributed by atoms with Gasteiger partial charge in [0.2, 0.25) is 5.60 Å². The maximum atomic E-state index is 13.9. The summed E-state index contributed by atoms with van der Waals surface area (Å²) in [6, 6.07) is 13.5. The average molecular weight is 573 g/mol. The fraction of sp³-hybridized carbons (Fsp3) is 0.519. The second kappa shape index (κ2) is 12.6. The summed E-state index contributed by atoms with van der Waals surface area (Å²) in [7, 11) is -3.98. The van der Waals surface area contributed by atoms with Gasteiger partial charge in [0.25, 0.3) is 0 Å². The van der Waals surface area contributed by atoms with Crippen LogP contribution in [0.4, 0.5) is 5.82 Å². The number of anilines is 1. The van der Waals surface area contributed by atoms with Gasteiger partial charge >= 0.3 is 7.75 Å². The molecule has 1 aliphatic rings. The molecular weight excluding hydrogens is 535 g/mol. The maximum absolute atomic E-state index is 13.9. The van der Waals surface area contributed by atoms with Crippen molar-refractivity contribution >= 4 is 19.1 Å². The van der Waals surface area contributed by atoms with Crippen LogP contribution in [0, 0.1) is 17.2 Å². The normalized spacial score (nSPS) is 25.1. The molecule has 4 rings (SSSR count). The summed E-state index contributed by atoms with van der Waals surface area (Å²) in [4.78, 5) is 3.93. The first-order valence-corrected chi connectivity index (χ1v) is 15.0. The lowest BCUT2D eigenvalue weighted by Crippen LogP contribution is -2.41. The monoisotopic (exact) mass is 572 g/mol. The van der Waals surface area contributed by atoms with Gasteiger partial charge in [-0.1, -0.05) is 44.9 Å². The predicted molar refractivity (Wildman–Crippen MR) is 148 cm³/mol. The van der Waals surface area contributed by atoms with E-state index in [1.54, 1.807) is 36.4 Å². The molecule has 0 amide bonds. The Morgan fingerprint density at radius 2 is 1.95 bits per heavy atom. The van der Waals surface area contributed by atoms with Gasteiger partial charge in [0.15, 0.2) is 5.82 Å². The molecule has 1 aromatic carbocycles. The summed E-state index contributed by atoms with van der Waals surface area (Å²) in [5.41, 5.74) is 4.48. The highest BCUT2D eigenvalue weighted by atomic mass is 31.2. The molecule has 12 nitrogen and oxygen atoms in total. The fourth-order valence-corrected chi connectivity index (χ4v) is 6.54. The molecule has 0 radical (unpaired) electrons. The van der Waals surface area contributed by atoms with E-state index >= 15 is 0 Å². The SMILES string of the molecule is CCC(CC)CC[C@H](C)N[P@](=O)(OC[C@H]1O[C@@](C#N)(c2ccc3c(N)ncnn23)[C@H](O)[C@@H]1O)Oc1ccccc1. The highest BCUT2D eigenvalue weighted by Gasteiger charge is 2.58. The van der Waals surface area contributed by atoms with Gasteiger partial charge in [-0.15, -0.1) is 0 Å². The first-order valence-electron chi connectivity index (χ1n) is 13.5. The van der Waals surface area contributed by atoms with Gasteiger partial charge in [-0.3, -0.25) is 4.52 Å². The zero-order valence-electron chi connectivity index (χ0n) is 22.9.